The van der Waals surface area contributed by atoms with Crippen molar-refractivity contribution >= 4 is 21.9 Å². The summed E-state index contributed by atoms with van der Waals surface area (Å²) in [5.74, 6) is -1.18. The van der Waals surface area contributed by atoms with Gasteiger partial charge in [0.25, 0.3) is 5.56 Å². The minimum absolute atomic E-state index is 0.106. The van der Waals surface area contributed by atoms with Crippen molar-refractivity contribution in [3.8, 4) is 0 Å². The number of aldehydes is 1. The molecule has 1 aromatic rings. The van der Waals surface area contributed by atoms with E-state index in [2.05, 4.69) is 13.4 Å². The first-order valence-electron chi connectivity index (χ1n) is 10.2. The minimum atomic E-state index is -5.47. The lowest BCUT2D eigenvalue weighted by molar-refractivity contribution is -0.244. The third-order valence-corrected chi connectivity index (χ3v) is 7.99. The van der Waals surface area contributed by atoms with Crippen molar-refractivity contribution in [3.63, 3.8) is 0 Å². The van der Waals surface area contributed by atoms with Gasteiger partial charge in [-0.2, -0.15) is 4.31 Å². The van der Waals surface area contributed by atoms with Gasteiger partial charge in [-0.15, -0.1) is 0 Å². The summed E-state index contributed by atoms with van der Waals surface area (Å²) in [6, 6.07) is 0.941. The molecular weight excluding hydrogens is 538 g/mol. The molecule has 0 aliphatic carbocycles. The number of H-pyrrole nitrogens is 1. The SMILES string of the molecule is CC1[C@@H](OP(=O)(O)OP(=O)(O)OC[C@H]2O[C@@H](n3ccc(=O)[nH]c3=O)C(O)[C@H]2O)OC(C=O)[C@@H](O)[C@@H]1O. The zero-order chi connectivity index (χ0) is 27.0. The monoisotopic (exact) mass is 562 g/mol. The van der Waals surface area contributed by atoms with Crippen LogP contribution in [0.25, 0.3) is 0 Å². The number of phosphoric ester groups is 2. The fraction of sp³-hybridized carbons (Fsp3) is 0.688. The van der Waals surface area contributed by atoms with Crippen molar-refractivity contribution in [2.75, 3.05) is 6.61 Å². The van der Waals surface area contributed by atoms with Gasteiger partial charge in [-0.3, -0.25) is 23.4 Å². The molecule has 3 rings (SSSR count). The zero-order valence-electron chi connectivity index (χ0n) is 18.2. The number of hydrogen-bond acceptors (Lipinski definition) is 14. The summed E-state index contributed by atoms with van der Waals surface area (Å²) < 4.78 is 48.7. The Balaban J connectivity index is 1.62. The van der Waals surface area contributed by atoms with Crippen LogP contribution in [0.1, 0.15) is 13.2 Å². The molecule has 0 radical (unpaired) electrons. The van der Waals surface area contributed by atoms with Gasteiger partial charge in [0.2, 0.25) is 0 Å². The van der Waals surface area contributed by atoms with Gasteiger partial charge >= 0.3 is 21.3 Å². The number of nitrogens with one attached hydrogen (secondary N) is 1. The second-order valence-electron chi connectivity index (χ2n) is 7.93. The number of phosphoric acid groups is 2. The Labute approximate surface area is 200 Å². The maximum absolute atomic E-state index is 12.2. The van der Waals surface area contributed by atoms with Crippen LogP contribution in [-0.2, 0) is 36.8 Å². The molecule has 0 bridgehead atoms. The van der Waals surface area contributed by atoms with Gasteiger partial charge in [0.1, 0.15) is 30.5 Å². The molecule has 0 saturated carbocycles. The molecule has 2 saturated heterocycles. The Morgan fingerprint density at radius 3 is 2.33 bits per heavy atom. The quantitative estimate of drug-likeness (QED) is 0.115. The van der Waals surface area contributed by atoms with Crippen LogP contribution in [0.4, 0.5) is 0 Å². The predicted octanol–water partition coefficient (Wildman–Crippen LogP) is -3.31. The van der Waals surface area contributed by atoms with E-state index in [0.717, 1.165) is 16.8 Å². The van der Waals surface area contributed by atoms with Gasteiger partial charge in [0.05, 0.1) is 12.7 Å². The molecule has 7 N–H and O–H groups in total. The molecule has 2 aliphatic rings. The van der Waals surface area contributed by atoms with Gasteiger partial charge < -0.3 is 44.5 Å². The Morgan fingerprint density at radius 2 is 1.72 bits per heavy atom. The predicted molar refractivity (Wildman–Crippen MR) is 111 cm³/mol. The van der Waals surface area contributed by atoms with Crippen LogP contribution in [-0.4, -0.2) is 95.6 Å². The number of ether oxygens (including phenoxy) is 2. The third-order valence-electron chi connectivity index (χ3n) is 5.39. The number of nitrogens with zero attached hydrogens (tertiary/aromatic N) is 1. The zero-order valence-corrected chi connectivity index (χ0v) is 20.0. The summed E-state index contributed by atoms with van der Waals surface area (Å²) in [5, 5.41) is 39.9. The molecule has 0 aromatic carbocycles. The number of rotatable bonds is 9. The first kappa shape index (κ1) is 28.9. The Kier molecular flexibility index (Phi) is 8.84. The summed E-state index contributed by atoms with van der Waals surface area (Å²) in [4.78, 5) is 55.6. The van der Waals surface area contributed by atoms with Crippen molar-refractivity contribution in [1.82, 2.24) is 9.55 Å². The minimum Gasteiger partial charge on any atom is -0.390 e. The second-order valence-corrected chi connectivity index (χ2v) is 10.9. The molecule has 0 spiro atoms. The largest absolute Gasteiger partial charge is 0.483 e. The van der Waals surface area contributed by atoms with Gasteiger partial charge in [0, 0.05) is 18.2 Å². The molecule has 20 heteroatoms. The number of carbonyl (C=O) groups is 1. The summed E-state index contributed by atoms with van der Waals surface area (Å²) >= 11 is 0. The molecule has 18 nitrogen and oxygen atoms in total. The third kappa shape index (κ3) is 6.43. The van der Waals surface area contributed by atoms with Gasteiger partial charge in [-0.25, -0.2) is 13.9 Å². The average molecular weight is 562 g/mol. The molecule has 2 aliphatic heterocycles. The molecule has 204 valence electrons. The van der Waals surface area contributed by atoms with Gasteiger partial charge in [-0.05, 0) is 0 Å². The molecule has 2 fully saturated rings. The van der Waals surface area contributed by atoms with Gasteiger partial charge in [-0.1, -0.05) is 6.92 Å². The summed E-state index contributed by atoms with van der Waals surface area (Å²) in [6.07, 6.45) is -12.2. The first-order chi connectivity index (χ1) is 16.7. The highest BCUT2D eigenvalue weighted by Crippen LogP contribution is 2.61. The highest BCUT2D eigenvalue weighted by molar-refractivity contribution is 7.61. The topological polar surface area (TPSA) is 274 Å². The van der Waals surface area contributed by atoms with Crippen LogP contribution in [0.15, 0.2) is 21.9 Å². The number of aromatic amines is 1. The molecule has 1 aromatic heterocycles. The lowest BCUT2D eigenvalue weighted by atomic mass is 9.93. The van der Waals surface area contributed by atoms with Gasteiger partial charge in [0.15, 0.2) is 18.8 Å². The summed E-state index contributed by atoms with van der Waals surface area (Å²) in [5.41, 5.74) is -1.72. The Bertz CT molecular complexity index is 1160. The number of aliphatic hydroxyl groups is 4. The molecule has 5 unspecified atom stereocenters. The first-order valence-corrected chi connectivity index (χ1v) is 13.1. The van der Waals surface area contributed by atoms with E-state index in [9.17, 15) is 53.7 Å². The van der Waals surface area contributed by atoms with E-state index in [1.165, 1.54) is 6.92 Å². The fourth-order valence-electron chi connectivity index (χ4n) is 3.46. The smallest absolute Gasteiger partial charge is 0.390 e. The molecular formula is C16H24N2O16P2. The standard InChI is InChI=1S/C16H24N2O16P2/c1-6-10(21)11(22)7(4-19)32-15(6)33-36(28,29)34-35(26,27)30-5-8-12(23)13(24)14(31-8)18-3-2-9(20)17-16(18)25/h2-4,6-8,10-15,21-24H,5H2,1H3,(H,26,27)(H,28,29)(H,17,20,25)/t6?,7?,8-,10-,11-,12+,13?,14-,15-/m1/s1. The van der Waals surface area contributed by atoms with E-state index in [1.54, 1.807) is 0 Å². The molecule has 11 atom stereocenters. The highest BCUT2D eigenvalue weighted by atomic mass is 31.3. The molecule has 3 heterocycles. The molecule has 36 heavy (non-hydrogen) atoms. The number of carbonyl (C=O) groups excluding carboxylic acids is 1. The van der Waals surface area contributed by atoms with Crippen molar-refractivity contribution in [2.24, 2.45) is 5.92 Å². The highest BCUT2D eigenvalue weighted by Gasteiger charge is 2.48. The van der Waals surface area contributed by atoms with Crippen LogP contribution in [0.2, 0.25) is 0 Å². The number of hydrogen-bond donors (Lipinski definition) is 7. The van der Waals surface area contributed by atoms with E-state index in [0.29, 0.717) is 0 Å². The van der Waals surface area contributed by atoms with Crippen molar-refractivity contribution < 1.29 is 67.0 Å². The van der Waals surface area contributed by atoms with Crippen LogP contribution in [0, 0.1) is 5.92 Å². The van der Waals surface area contributed by atoms with E-state index < -0.39 is 88.6 Å². The summed E-state index contributed by atoms with van der Waals surface area (Å²) in [7, 11) is -10.9. The normalized spacial score (nSPS) is 38.2. The second kappa shape index (κ2) is 11.0. The van der Waals surface area contributed by atoms with E-state index in [-0.39, 0.29) is 6.29 Å². The molecule has 0 amide bonds. The van der Waals surface area contributed by atoms with Crippen LogP contribution < -0.4 is 11.2 Å². The lowest BCUT2D eigenvalue weighted by Crippen LogP contribution is -2.54. The Hall–Kier alpha value is -1.63. The van der Waals surface area contributed by atoms with E-state index in [4.69, 9.17) is 9.47 Å². The van der Waals surface area contributed by atoms with E-state index >= 15 is 0 Å². The number of aromatic nitrogens is 2. The lowest BCUT2D eigenvalue weighted by Gasteiger charge is -2.39. The Morgan fingerprint density at radius 1 is 1.06 bits per heavy atom. The maximum Gasteiger partial charge on any atom is 0.483 e. The van der Waals surface area contributed by atoms with E-state index in [1.807, 2.05) is 4.98 Å². The van der Waals surface area contributed by atoms with Crippen LogP contribution >= 0.6 is 15.6 Å². The van der Waals surface area contributed by atoms with Crippen molar-refractivity contribution in [3.05, 3.63) is 33.1 Å². The van der Waals surface area contributed by atoms with Crippen molar-refractivity contribution in [2.45, 2.75) is 56.1 Å². The summed E-state index contributed by atoms with van der Waals surface area (Å²) in [6.45, 7) is 0.234. The van der Waals surface area contributed by atoms with Crippen LogP contribution in [0.5, 0.6) is 0 Å². The average Bonchev–Trinajstić information content (AvgIpc) is 3.06. The fourth-order valence-corrected chi connectivity index (χ4v) is 5.68. The van der Waals surface area contributed by atoms with Crippen LogP contribution in [0.3, 0.4) is 0 Å². The van der Waals surface area contributed by atoms with Crippen molar-refractivity contribution in [1.29, 1.82) is 0 Å². The maximum atomic E-state index is 12.2. The number of aliphatic hydroxyl groups excluding tert-OH is 4.